The summed E-state index contributed by atoms with van der Waals surface area (Å²) in [6.45, 7) is 9.11. The summed E-state index contributed by atoms with van der Waals surface area (Å²) < 4.78 is 5.62. The van der Waals surface area contributed by atoms with Crippen LogP contribution in [0, 0.1) is 0 Å². The molecule has 0 rings (SSSR count). The van der Waals surface area contributed by atoms with Crippen molar-refractivity contribution in [1.29, 1.82) is 0 Å². The van der Waals surface area contributed by atoms with Crippen molar-refractivity contribution in [3.05, 3.63) is 0 Å². The fourth-order valence-corrected chi connectivity index (χ4v) is 1.27. The van der Waals surface area contributed by atoms with Gasteiger partial charge < -0.3 is 10.5 Å². The van der Waals surface area contributed by atoms with Gasteiger partial charge >= 0.3 is 0 Å². The predicted molar refractivity (Wildman–Crippen MR) is 62.4 cm³/mol. The monoisotopic (exact) mass is 201 g/mol. The fourth-order valence-electron chi connectivity index (χ4n) is 1.27. The highest BCUT2D eigenvalue weighted by molar-refractivity contribution is 4.65. The summed E-state index contributed by atoms with van der Waals surface area (Å²) in [5.74, 6) is 0. The molecular weight excluding hydrogens is 174 g/mol. The standard InChI is InChI=1S/C12H27NO/c1-5-6-7-8-9-11(13)10-14-12(2,3)4/h11H,5-10,13H2,1-4H3. The van der Waals surface area contributed by atoms with Gasteiger partial charge in [-0.15, -0.1) is 0 Å². The van der Waals surface area contributed by atoms with Gasteiger partial charge in [-0.3, -0.25) is 0 Å². The lowest BCUT2D eigenvalue weighted by Crippen LogP contribution is -2.31. The lowest BCUT2D eigenvalue weighted by atomic mass is 10.1. The van der Waals surface area contributed by atoms with E-state index in [1.165, 1.54) is 25.7 Å². The molecule has 0 aromatic carbocycles. The summed E-state index contributed by atoms with van der Waals surface area (Å²) in [5, 5.41) is 0. The molecule has 0 fully saturated rings. The van der Waals surface area contributed by atoms with Crippen LogP contribution in [0.2, 0.25) is 0 Å². The Morgan fingerprint density at radius 3 is 2.29 bits per heavy atom. The highest BCUT2D eigenvalue weighted by Crippen LogP contribution is 2.09. The van der Waals surface area contributed by atoms with Crippen molar-refractivity contribution >= 4 is 0 Å². The second-order valence-corrected chi connectivity index (χ2v) is 5.03. The van der Waals surface area contributed by atoms with E-state index in [1.54, 1.807) is 0 Å². The highest BCUT2D eigenvalue weighted by atomic mass is 16.5. The smallest absolute Gasteiger partial charge is 0.0624 e. The van der Waals surface area contributed by atoms with Crippen molar-refractivity contribution in [2.45, 2.75) is 71.4 Å². The number of hydrogen-bond acceptors (Lipinski definition) is 2. The van der Waals surface area contributed by atoms with Crippen molar-refractivity contribution in [3.8, 4) is 0 Å². The first kappa shape index (κ1) is 13.9. The van der Waals surface area contributed by atoms with Gasteiger partial charge in [-0.2, -0.15) is 0 Å². The van der Waals surface area contributed by atoms with Crippen molar-refractivity contribution in [2.75, 3.05) is 6.61 Å². The second kappa shape index (κ2) is 7.24. The molecule has 0 saturated carbocycles. The molecular formula is C12H27NO. The van der Waals surface area contributed by atoms with Crippen LogP contribution >= 0.6 is 0 Å². The van der Waals surface area contributed by atoms with Crippen molar-refractivity contribution < 1.29 is 4.74 Å². The van der Waals surface area contributed by atoms with Crippen molar-refractivity contribution in [1.82, 2.24) is 0 Å². The van der Waals surface area contributed by atoms with Crippen LogP contribution in [-0.2, 0) is 4.74 Å². The van der Waals surface area contributed by atoms with Crippen LogP contribution in [0.5, 0.6) is 0 Å². The van der Waals surface area contributed by atoms with Crippen LogP contribution in [0.15, 0.2) is 0 Å². The zero-order valence-electron chi connectivity index (χ0n) is 10.3. The van der Waals surface area contributed by atoms with Crippen LogP contribution in [-0.4, -0.2) is 18.2 Å². The van der Waals surface area contributed by atoms with Gasteiger partial charge in [0.05, 0.1) is 12.2 Å². The summed E-state index contributed by atoms with van der Waals surface area (Å²) in [6, 6.07) is 0.214. The molecule has 2 N–H and O–H groups in total. The first-order chi connectivity index (χ1) is 6.45. The van der Waals surface area contributed by atoms with Gasteiger partial charge in [-0.25, -0.2) is 0 Å². The molecule has 2 nitrogen and oxygen atoms in total. The first-order valence-corrected chi connectivity index (χ1v) is 5.85. The molecule has 0 aliphatic carbocycles. The average Bonchev–Trinajstić information content (AvgIpc) is 2.08. The first-order valence-electron chi connectivity index (χ1n) is 5.85. The lowest BCUT2D eigenvalue weighted by molar-refractivity contribution is -0.0110. The Balaban J connectivity index is 3.32. The van der Waals surface area contributed by atoms with Crippen molar-refractivity contribution in [2.24, 2.45) is 5.73 Å². The molecule has 1 atom stereocenters. The predicted octanol–water partition coefficient (Wildman–Crippen LogP) is 3.10. The molecule has 14 heavy (non-hydrogen) atoms. The lowest BCUT2D eigenvalue weighted by Gasteiger charge is -2.22. The van der Waals surface area contributed by atoms with Crippen LogP contribution in [0.3, 0.4) is 0 Å². The summed E-state index contributed by atoms with van der Waals surface area (Å²) in [4.78, 5) is 0. The van der Waals surface area contributed by atoms with Gasteiger partial charge in [0.2, 0.25) is 0 Å². The minimum atomic E-state index is -0.0545. The Morgan fingerprint density at radius 2 is 1.79 bits per heavy atom. The molecule has 86 valence electrons. The van der Waals surface area contributed by atoms with Crippen LogP contribution in [0.1, 0.15) is 59.8 Å². The highest BCUT2D eigenvalue weighted by Gasteiger charge is 2.12. The topological polar surface area (TPSA) is 35.2 Å². The maximum absolute atomic E-state index is 5.94. The Morgan fingerprint density at radius 1 is 1.14 bits per heavy atom. The van der Waals surface area contributed by atoms with Gasteiger partial charge in [0.1, 0.15) is 0 Å². The van der Waals surface area contributed by atoms with Gasteiger partial charge in [0.15, 0.2) is 0 Å². The summed E-state index contributed by atoms with van der Waals surface area (Å²) in [6.07, 6.45) is 6.25. The van der Waals surface area contributed by atoms with E-state index >= 15 is 0 Å². The van der Waals surface area contributed by atoms with E-state index in [4.69, 9.17) is 10.5 Å². The number of rotatable bonds is 7. The molecule has 0 aromatic heterocycles. The molecule has 0 aromatic rings. The maximum Gasteiger partial charge on any atom is 0.0624 e. The molecule has 0 amide bonds. The van der Waals surface area contributed by atoms with E-state index in [9.17, 15) is 0 Å². The number of unbranched alkanes of at least 4 members (excludes halogenated alkanes) is 3. The molecule has 2 heteroatoms. The Kier molecular flexibility index (Phi) is 7.20. The molecule has 0 aliphatic rings. The number of nitrogens with two attached hydrogens (primary N) is 1. The minimum absolute atomic E-state index is 0.0545. The zero-order valence-corrected chi connectivity index (χ0v) is 10.3. The zero-order chi connectivity index (χ0) is 11.0. The Labute approximate surface area is 89.2 Å². The summed E-state index contributed by atoms with van der Waals surface area (Å²) >= 11 is 0. The van der Waals surface area contributed by atoms with Gasteiger partial charge in [0.25, 0.3) is 0 Å². The van der Waals surface area contributed by atoms with E-state index in [0.29, 0.717) is 6.61 Å². The largest absolute Gasteiger partial charge is 0.374 e. The third kappa shape index (κ3) is 10.0. The molecule has 0 radical (unpaired) electrons. The molecule has 0 heterocycles. The normalized spacial score (nSPS) is 14.4. The molecule has 0 bridgehead atoms. The Bertz CT molecular complexity index is 129. The van der Waals surface area contributed by atoms with Gasteiger partial charge in [-0.05, 0) is 27.2 Å². The summed E-state index contributed by atoms with van der Waals surface area (Å²) in [7, 11) is 0. The summed E-state index contributed by atoms with van der Waals surface area (Å²) in [5.41, 5.74) is 5.88. The van der Waals surface area contributed by atoms with E-state index < -0.39 is 0 Å². The van der Waals surface area contributed by atoms with Crippen LogP contribution < -0.4 is 5.73 Å². The van der Waals surface area contributed by atoms with E-state index in [-0.39, 0.29) is 11.6 Å². The van der Waals surface area contributed by atoms with E-state index in [1.807, 2.05) is 0 Å². The SMILES string of the molecule is CCCCCCC(N)COC(C)(C)C. The van der Waals surface area contributed by atoms with Crippen molar-refractivity contribution in [3.63, 3.8) is 0 Å². The molecule has 1 unspecified atom stereocenters. The second-order valence-electron chi connectivity index (χ2n) is 5.03. The maximum atomic E-state index is 5.94. The molecule has 0 spiro atoms. The number of hydrogen-bond donors (Lipinski definition) is 1. The fraction of sp³-hybridized carbons (Fsp3) is 1.00. The quantitative estimate of drug-likeness (QED) is 0.642. The Hall–Kier alpha value is -0.0800. The third-order valence-corrected chi connectivity index (χ3v) is 2.16. The van der Waals surface area contributed by atoms with E-state index in [0.717, 1.165) is 6.42 Å². The molecule has 0 aliphatic heterocycles. The van der Waals surface area contributed by atoms with Gasteiger partial charge in [0, 0.05) is 6.04 Å². The molecule has 0 saturated heterocycles. The number of ether oxygens (including phenoxy) is 1. The average molecular weight is 201 g/mol. The third-order valence-electron chi connectivity index (χ3n) is 2.16. The minimum Gasteiger partial charge on any atom is -0.374 e. The van der Waals surface area contributed by atoms with Gasteiger partial charge in [-0.1, -0.05) is 32.6 Å². The van der Waals surface area contributed by atoms with Crippen LogP contribution in [0.4, 0.5) is 0 Å². The van der Waals surface area contributed by atoms with Crippen LogP contribution in [0.25, 0.3) is 0 Å². The van der Waals surface area contributed by atoms with E-state index in [2.05, 4.69) is 27.7 Å².